The van der Waals surface area contributed by atoms with Gasteiger partial charge in [-0.15, -0.1) is 0 Å². The molecule has 0 aliphatic carbocycles. The standard InChI is InChI=1S/C24H20N2O2/c25-19-9-11-21(23(27)13-19)17-5-1-15(2-6-17)16-3-7-18(8-4-16)22-12-10-20(26)14-24(22)28/h1-14,27-28H,25-26H2. The molecular formula is C24H20N2O2. The number of hydrogen-bond acceptors (Lipinski definition) is 4. The second-order valence-corrected chi connectivity index (χ2v) is 6.71. The van der Waals surface area contributed by atoms with Gasteiger partial charge in [0.1, 0.15) is 11.5 Å². The molecule has 0 saturated heterocycles. The second kappa shape index (κ2) is 7.00. The molecule has 0 heterocycles. The van der Waals surface area contributed by atoms with Crippen molar-refractivity contribution in [3.05, 3.63) is 84.9 Å². The summed E-state index contributed by atoms with van der Waals surface area (Å²) < 4.78 is 0. The molecule has 28 heavy (non-hydrogen) atoms. The van der Waals surface area contributed by atoms with Crippen molar-refractivity contribution in [3.63, 3.8) is 0 Å². The lowest BCUT2D eigenvalue weighted by atomic mass is 9.97. The molecule has 0 bridgehead atoms. The summed E-state index contributed by atoms with van der Waals surface area (Å²) in [5.74, 6) is 0.334. The molecule has 4 nitrogen and oxygen atoms in total. The van der Waals surface area contributed by atoms with E-state index in [0.717, 1.165) is 33.4 Å². The van der Waals surface area contributed by atoms with Gasteiger partial charge in [0.05, 0.1) is 0 Å². The Kier molecular flexibility index (Phi) is 4.38. The summed E-state index contributed by atoms with van der Waals surface area (Å²) in [4.78, 5) is 0. The van der Waals surface area contributed by atoms with Gasteiger partial charge in [-0.3, -0.25) is 0 Å². The van der Waals surface area contributed by atoms with E-state index in [4.69, 9.17) is 11.5 Å². The molecule has 4 rings (SSSR count). The van der Waals surface area contributed by atoms with Crippen LogP contribution in [0.2, 0.25) is 0 Å². The van der Waals surface area contributed by atoms with Crippen LogP contribution in [0.4, 0.5) is 11.4 Å². The van der Waals surface area contributed by atoms with E-state index in [2.05, 4.69) is 0 Å². The summed E-state index contributed by atoms with van der Waals surface area (Å²) in [6, 6.07) is 26.2. The largest absolute Gasteiger partial charge is 0.507 e. The average Bonchev–Trinajstić information content (AvgIpc) is 2.69. The maximum Gasteiger partial charge on any atom is 0.125 e. The van der Waals surface area contributed by atoms with Crippen LogP contribution in [0, 0.1) is 0 Å². The van der Waals surface area contributed by atoms with Crippen LogP contribution >= 0.6 is 0 Å². The van der Waals surface area contributed by atoms with Crippen molar-refractivity contribution in [3.8, 4) is 44.9 Å². The SMILES string of the molecule is Nc1ccc(-c2ccc(-c3ccc(-c4ccc(N)cc4O)cc3)cc2)c(O)c1. The number of nitrogens with two attached hydrogens (primary N) is 2. The van der Waals surface area contributed by atoms with Crippen LogP contribution in [0.25, 0.3) is 33.4 Å². The van der Waals surface area contributed by atoms with Crippen LogP contribution in [0.15, 0.2) is 84.9 Å². The molecule has 0 saturated carbocycles. The molecule has 138 valence electrons. The Labute approximate surface area is 163 Å². The van der Waals surface area contributed by atoms with Crippen LogP contribution in [-0.2, 0) is 0 Å². The smallest absolute Gasteiger partial charge is 0.125 e. The van der Waals surface area contributed by atoms with Gasteiger partial charge in [0.25, 0.3) is 0 Å². The van der Waals surface area contributed by atoms with Crippen LogP contribution in [0.3, 0.4) is 0 Å². The summed E-state index contributed by atoms with van der Waals surface area (Å²) in [7, 11) is 0. The normalized spacial score (nSPS) is 10.7. The molecule has 0 radical (unpaired) electrons. The number of nitrogen functional groups attached to an aromatic ring is 2. The third kappa shape index (κ3) is 3.35. The molecule has 4 heteroatoms. The molecule has 0 spiro atoms. The fraction of sp³-hybridized carbons (Fsp3) is 0. The predicted molar refractivity (Wildman–Crippen MR) is 115 cm³/mol. The number of aromatic hydroxyl groups is 2. The number of rotatable bonds is 3. The fourth-order valence-electron chi connectivity index (χ4n) is 3.27. The van der Waals surface area contributed by atoms with E-state index in [1.807, 2.05) is 60.7 Å². The Hall–Kier alpha value is -3.92. The summed E-state index contributed by atoms with van der Waals surface area (Å²) in [5, 5.41) is 20.2. The first-order chi connectivity index (χ1) is 13.5. The summed E-state index contributed by atoms with van der Waals surface area (Å²) in [6.45, 7) is 0. The number of phenols is 2. The monoisotopic (exact) mass is 368 g/mol. The molecule has 0 aliphatic rings. The highest BCUT2D eigenvalue weighted by molar-refractivity contribution is 5.78. The van der Waals surface area contributed by atoms with Gasteiger partial charge in [0, 0.05) is 34.6 Å². The Morgan fingerprint density at radius 2 is 0.750 bits per heavy atom. The number of benzene rings is 4. The van der Waals surface area contributed by atoms with Gasteiger partial charge in [-0.05, 0) is 46.5 Å². The highest BCUT2D eigenvalue weighted by Gasteiger charge is 2.07. The van der Waals surface area contributed by atoms with Crippen LogP contribution in [-0.4, -0.2) is 10.2 Å². The van der Waals surface area contributed by atoms with E-state index in [1.165, 1.54) is 0 Å². The Morgan fingerprint density at radius 1 is 0.429 bits per heavy atom. The minimum atomic E-state index is 0.167. The molecule has 0 atom stereocenters. The quantitative estimate of drug-likeness (QED) is 0.371. The summed E-state index contributed by atoms with van der Waals surface area (Å²) in [6.07, 6.45) is 0. The number of hydrogen-bond donors (Lipinski definition) is 4. The Bertz CT molecular complexity index is 1040. The summed E-state index contributed by atoms with van der Waals surface area (Å²) in [5.41, 5.74) is 17.9. The van der Waals surface area contributed by atoms with Crippen molar-refractivity contribution in [2.45, 2.75) is 0 Å². The topological polar surface area (TPSA) is 92.5 Å². The maximum atomic E-state index is 10.1. The van der Waals surface area contributed by atoms with Gasteiger partial charge in [0.15, 0.2) is 0 Å². The second-order valence-electron chi connectivity index (χ2n) is 6.71. The molecule has 0 unspecified atom stereocenters. The Balaban J connectivity index is 1.61. The third-order valence-electron chi connectivity index (χ3n) is 4.77. The van der Waals surface area contributed by atoms with Crippen molar-refractivity contribution >= 4 is 11.4 Å². The molecule has 0 aromatic heterocycles. The van der Waals surface area contributed by atoms with Gasteiger partial charge in [-0.1, -0.05) is 48.5 Å². The lowest BCUT2D eigenvalue weighted by molar-refractivity contribution is 0.477. The first kappa shape index (κ1) is 17.5. The maximum absolute atomic E-state index is 10.1. The van der Waals surface area contributed by atoms with E-state index in [0.29, 0.717) is 11.4 Å². The lowest BCUT2D eigenvalue weighted by Gasteiger charge is -2.09. The zero-order valence-electron chi connectivity index (χ0n) is 15.1. The fourth-order valence-corrected chi connectivity index (χ4v) is 3.27. The summed E-state index contributed by atoms with van der Waals surface area (Å²) >= 11 is 0. The van der Waals surface area contributed by atoms with Crippen LogP contribution in [0.5, 0.6) is 11.5 Å². The highest BCUT2D eigenvalue weighted by atomic mass is 16.3. The molecular weight excluding hydrogens is 348 g/mol. The van der Waals surface area contributed by atoms with E-state index < -0.39 is 0 Å². The van der Waals surface area contributed by atoms with E-state index in [-0.39, 0.29) is 11.5 Å². The third-order valence-corrected chi connectivity index (χ3v) is 4.77. The van der Waals surface area contributed by atoms with Crippen molar-refractivity contribution in [2.24, 2.45) is 0 Å². The van der Waals surface area contributed by atoms with Gasteiger partial charge in [0.2, 0.25) is 0 Å². The molecule has 0 fully saturated rings. The van der Waals surface area contributed by atoms with Gasteiger partial charge in [-0.2, -0.15) is 0 Å². The first-order valence-corrected chi connectivity index (χ1v) is 8.89. The molecule has 4 aromatic carbocycles. The number of phenolic OH excluding ortho intramolecular Hbond substituents is 2. The average molecular weight is 368 g/mol. The van der Waals surface area contributed by atoms with Gasteiger partial charge in [-0.25, -0.2) is 0 Å². The minimum absolute atomic E-state index is 0.167. The van der Waals surface area contributed by atoms with Gasteiger partial charge >= 0.3 is 0 Å². The van der Waals surface area contributed by atoms with E-state index >= 15 is 0 Å². The van der Waals surface area contributed by atoms with Crippen molar-refractivity contribution < 1.29 is 10.2 Å². The zero-order chi connectivity index (χ0) is 19.7. The minimum Gasteiger partial charge on any atom is -0.507 e. The van der Waals surface area contributed by atoms with Crippen molar-refractivity contribution in [2.75, 3.05) is 11.5 Å². The Morgan fingerprint density at radius 3 is 1.07 bits per heavy atom. The zero-order valence-corrected chi connectivity index (χ0v) is 15.1. The van der Waals surface area contributed by atoms with E-state index in [9.17, 15) is 10.2 Å². The highest BCUT2D eigenvalue weighted by Crippen LogP contribution is 2.34. The first-order valence-electron chi connectivity index (χ1n) is 8.89. The molecule has 4 aromatic rings. The van der Waals surface area contributed by atoms with Crippen molar-refractivity contribution in [1.29, 1.82) is 0 Å². The van der Waals surface area contributed by atoms with Gasteiger partial charge < -0.3 is 21.7 Å². The number of anilines is 2. The van der Waals surface area contributed by atoms with Crippen LogP contribution < -0.4 is 11.5 Å². The predicted octanol–water partition coefficient (Wildman–Crippen LogP) is 5.26. The van der Waals surface area contributed by atoms with Crippen molar-refractivity contribution in [1.82, 2.24) is 0 Å². The molecule has 0 amide bonds. The molecule has 0 aliphatic heterocycles. The molecule has 6 N–H and O–H groups in total. The lowest BCUT2D eigenvalue weighted by Crippen LogP contribution is -1.87. The van der Waals surface area contributed by atoms with Crippen LogP contribution in [0.1, 0.15) is 0 Å². The van der Waals surface area contributed by atoms with E-state index in [1.54, 1.807) is 24.3 Å².